The van der Waals surface area contributed by atoms with Gasteiger partial charge in [-0.1, -0.05) is 22.0 Å². The Balaban J connectivity index is 1.57. The third-order valence-corrected chi connectivity index (χ3v) is 6.19. The fraction of sp³-hybridized carbons (Fsp3) is 0.286. The van der Waals surface area contributed by atoms with Crippen molar-refractivity contribution < 1.29 is 27.1 Å². The lowest BCUT2D eigenvalue weighted by molar-refractivity contribution is -0.153. The zero-order valence-corrected chi connectivity index (χ0v) is 17.4. The normalized spacial score (nSPS) is 19.7. The summed E-state index contributed by atoms with van der Waals surface area (Å²) in [6, 6.07) is 11.7. The molecule has 156 valence electrons. The summed E-state index contributed by atoms with van der Waals surface area (Å²) >= 11 is 3.65. The van der Waals surface area contributed by atoms with Crippen molar-refractivity contribution in [3.05, 3.63) is 69.7 Å². The number of ether oxygens (including phenoxy) is 2. The van der Waals surface area contributed by atoms with Crippen LogP contribution in [0.25, 0.3) is 0 Å². The van der Waals surface area contributed by atoms with Gasteiger partial charge in [-0.3, -0.25) is 0 Å². The van der Waals surface area contributed by atoms with Gasteiger partial charge >= 0.3 is 6.18 Å². The number of hydrogen-bond donors (Lipinski definition) is 0. The van der Waals surface area contributed by atoms with Crippen LogP contribution in [0.5, 0.6) is 11.6 Å². The molecule has 5 rings (SSSR count). The maximum absolute atomic E-state index is 12.9. The van der Waals surface area contributed by atoms with Gasteiger partial charge in [0.05, 0.1) is 19.1 Å². The second-order valence-electron chi connectivity index (χ2n) is 7.32. The van der Waals surface area contributed by atoms with Crippen LogP contribution in [0.1, 0.15) is 22.8 Å². The van der Waals surface area contributed by atoms with Crippen molar-refractivity contribution in [1.29, 1.82) is 0 Å². The van der Waals surface area contributed by atoms with Gasteiger partial charge in [0.1, 0.15) is 23.8 Å². The molecular formula is C21H16BrF3N2O3. The molecule has 0 amide bonds. The van der Waals surface area contributed by atoms with Crippen LogP contribution >= 0.6 is 15.9 Å². The number of fused-ring (bicyclic) bond motifs is 4. The Labute approximate surface area is 178 Å². The largest absolute Gasteiger partial charge is 0.490 e. The Morgan fingerprint density at radius 3 is 2.77 bits per heavy atom. The number of pyridine rings is 1. The third kappa shape index (κ3) is 2.86. The highest BCUT2D eigenvalue weighted by Crippen LogP contribution is 2.53. The van der Waals surface area contributed by atoms with Crippen molar-refractivity contribution in [2.45, 2.75) is 18.1 Å². The summed E-state index contributed by atoms with van der Waals surface area (Å²) in [5.74, 6) is 0.396. The summed E-state index contributed by atoms with van der Waals surface area (Å²) in [6.45, 7) is 1.06. The van der Waals surface area contributed by atoms with Crippen molar-refractivity contribution in [3.8, 4) is 11.6 Å². The van der Waals surface area contributed by atoms with E-state index in [2.05, 4.69) is 20.9 Å². The van der Waals surface area contributed by atoms with Gasteiger partial charge in [0.25, 0.3) is 0 Å². The van der Waals surface area contributed by atoms with Gasteiger partial charge in [0.2, 0.25) is 11.6 Å². The average Bonchev–Trinajstić information content (AvgIpc) is 3.40. The monoisotopic (exact) mass is 480 g/mol. The fourth-order valence-corrected chi connectivity index (χ4v) is 5.00. The standard InChI is InChI=1S/C21H16BrF3N2O3/c1-28-17-8-6-15-19(26-17)20(11-29-15)10-27(14-4-2-3-13(22)18(14)20)9-12-5-7-16(30-12)21(23,24)25/h2-8H,9-11H2,1H3. The number of benzene rings is 1. The smallest absolute Gasteiger partial charge is 0.449 e. The molecule has 1 aromatic carbocycles. The van der Waals surface area contributed by atoms with Gasteiger partial charge in [0.15, 0.2) is 0 Å². The van der Waals surface area contributed by atoms with Crippen molar-refractivity contribution >= 4 is 21.6 Å². The van der Waals surface area contributed by atoms with Gasteiger partial charge in [-0.05, 0) is 30.3 Å². The molecule has 0 radical (unpaired) electrons. The topological polar surface area (TPSA) is 47.7 Å². The minimum absolute atomic E-state index is 0.195. The quantitative estimate of drug-likeness (QED) is 0.517. The molecule has 1 unspecified atom stereocenters. The number of nitrogens with zero attached hydrogens (tertiary/aromatic N) is 2. The van der Waals surface area contributed by atoms with E-state index in [4.69, 9.17) is 13.9 Å². The number of hydrogen-bond acceptors (Lipinski definition) is 5. The lowest BCUT2D eigenvalue weighted by Crippen LogP contribution is -2.36. The Morgan fingerprint density at radius 2 is 2.03 bits per heavy atom. The molecule has 9 heteroatoms. The first-order valence-corrected chi connectivity index (χ1v) is 9.99. The first-order valence-electron chi connectivity index (χ1n) is 9.20. The van der Waals surface area contributed by atoms with Crippen LogP contribution in [-0.4, -0.2) is 25.2 Å². The van der Waals surface area contributed by atoms with E-state index in [1.807, 2.05) is 29.2 Å². The van der Waals surface area contributed by atoms with E-state index in [0.717, 1.165) is 27.5 Å². The second-order valence-corrected chi connectivity index (χ2v) is 8.18. The van der Waals surface area contributed by atoms with E-state index in [0.29, 0.717) is 24.8 Å². The van der Waals surface area contributed by atoms with E-state index in [-0.39, 0.29) is 12.3 Å². The zero-order valence-electron chi connectivity index (χ0n) is 15.8. The Hall–Kier alpha value is -2.68. The maximum atomic E-state index is 12.9. The molecule has 1 atom stereocenters. The molecule has 5 nitrogen and oxygen atoms in total. The molecule has 0 N–H and O–H groups in total. The first kappa shape index (κ1) is 19.3. The van der Waals surface area contributed by atoms with Crippen LogP contribution in [0.3, 0.4) is 0 Å². The highest BCUT2D eigenvalue weighted by molar-refractivity contribution is 9.10. The SMILES string of the molecule is COc1ccc2c(n1)C1(CO2)CN(Cc2ccc(C(F)(F)F)o2)c2cccc(Br)c21. The molecule has 0 saturated carbocycles. The molecule has 3 aromatic rings. The summed E-state index contributed by atoms with van der Waals surface area (Å²) in [6.07, 6.45) is -4.51. The predicted molar refractivity (Wildman–Crippen MR) is 106 cm³/mol. The van der Waals surface area contributed by atoms with E-state index in [1.54, 1.807) is 13.2 Å². The minimum Gasteiger partial charge on any atom is -0.490 e. The molecule has 2 aliphatic rings. The van der Waals surface area contributed by atoms with Gasteiger partial charge in [-0.2, -0.15) is 13.2 Å². The van der Waals surface area contributed by atoms with E-state index >= 15 is 0 Å². The molecule has 0 bridgehead atoms. The number of methoxy groups -OCH3 is 1. The lowest BCUT2D eigenvalue weighted by atomic mass is 9.80. The summed E-state index contributed by atoms with van der Waals surface area (Å²) < 4.78 is 56.0. The summed E-state index contributed by atoms with van der Waals surface area (Å²) in [5, 5.41) is 0. The molecule has 0 fully saturated rings. The minimum atomic E-state index is -4.51. The van der Waals surface area contributed by atoms with Crippen molar-refractivity contribution in [3.63, 3.8) is 0 Å². The third-order valence-electron chi connectivity index (χ3n) is 5.53. The molecule has 1 spiro atoms. The molecule has 0 saturated heterocycles. The molecular weight excluding hydrogens is 465 g/mol. The van der Waals surface area contributed by atoms with Gasteiger partial charge in [-0.15, -0.1) is 0 Å². The van der Waals surface area contributed by atoms with Crippen molar-refractivity contribution in [1.82, 2.24) is 4.98 Å². The van der Waals surface area contributed by atoms with Crippen molar-refractivity contribution in [2.75, 3.05) is 25.2 Å². The average molecular weight is 481 g/mol. The molecule has 0 aliphatic carbocycles. The van der Waals surface area contributed by atoms with Crippen LogP contribution in [0.4, 0.5) is 18.9 Å². The Kier molecular flexibility index (Phi) is 4.29. The number of aromatic nitrogens is 1. The van der Waals surface area contributed by atoms with E-state index in [9.17, 15) is 13.2 Å². The van der Waals surface area contributed by atoms with Crippen LogP contribution in [0, 0.1) is 0 Å². The summed E-state index contributed by atoms with van der Waals surface area (Å²) in [7, 11) is 1.55. The van der Waals surface area contributed by atoms with Crippen LogP contribution in [0.15, 0.2) is 51.4 Å². The Bertz CT molecular complexity index is 1130. The van der Waals surface area contributed by atoms with E-state index < -0.39 is 17.4 Å². The highest BCUT2D eigenvalue weighted by atomic mass is 79.9. The predicted octanol–water partition coefficient (Wildman–Crippen LogP) is 5.16. The van der Waals surface area contributed by atoms with Crippen LogP contribution in [-0.2, 0) is 18.1 Å². The van der Waals surface area contributed by atoms with Crippen molar-refractivity contribution in [2.24, 2.45) is 0 Å². The molecule has 4 heterocycles. The molecule has 30 heavy (non-hydrogen) atoms. The van der Waals surface area contributed by atoms with Crippen LogP contribution < -0.4 is 14.4 Å². The Morgan fingerprint density at radius 1 is 1.20 bits per heavy atom. The maximum Gasteiger partial charge on any atom is 0.449 e. The molecule has 2 aromatic heterocycles. The van der Waals surface area contributed by atoms with E-state index in [1.165, 1.54) is 6.07 Å². The van der Waals surface area contributed by atoms with Gasteiger partial charge in [0, 0.05) is 28.3 Å². The second kappa shape index (κ2) is 6.66. The lowest BCUT2D eigenvalue weighted by Gasteiger charge is -2.24. The van der Waals surface area contributed by atoms with Crippen LogP contribution in [0.2, 0.25) is 0 Å². The number of rotatable bonds is 3. The van der Waals surface area contributed by atoms with Gasteiger partial charge < -0.3 is 18.8 Å². The first-order chi connectivity index (χ1) is 14.3. The number of alkyl halides is 3. The fourth-order valence-electron chi connectivity index (χ4n) is 4.27. The summed E-state index contributed by atoms with van der Waals surface area (Å²) in [5.41, 5.74) is 2.08. The number of furan rings is 1. The summed E-state index contributed by atoms with van der Waals surface area (Å²) in [4.78, 5) is 6.66. The highest BCUT2D eigenvalue weighted by Gasteiger charge is 2.52. The number of anilines is 1. The number of halogens is 4. The zero-order chi connectivity index (χ0) is 21.1. The van der Waals surface area contributed by atoms with Gasteiger partial charge in [-0.25, -0.2) is 4.98 Å². The molecule has 2 aliphatic heterocycles.